The fraction of sp³-hybridized carbons (Fsp3) is 0.360. The standard InChI is InChI=1S/C25H29ClN2O4/c1-4-27(5-2)14-7-15-28-22(17-10-12-19(26)13-11-17)21(24(30)25(28)31)23(29)18-8-6-9-20(16-18)32-3/h6,8-13,16,22,29H,4-5,7,14-15H2,1-3H3/t22-/m1/s1. The zero-order valence-electron chi connectivity index (χ0n) is 18.7. The van der Waals surface area contributed by atoms with E-state index in [1.54, 1.807) is 53.4 Å². The number of carbonyl (C=O) groups excluding carboxylic acids is 2. The Morgan fingerprint density at radius 2 is 1.81 bits per heavy atom. The van der Waals surface area contributed by atoms with E-state index in [-0.39, 0.29) is 11.3 Å². The van der Waals surface area contributed by atoms with Gasteiger partial charge in [0.2, 0.25) is 0 Å². The van der Waals surface area contributed by atoms with Crippen LogP contribution < -0.4 is 4.74 Å². The second-order valence-electron chi connectivity index (χ2n) is 7.66. The third-order valence-electron chi connectivity index (χ3n) is 5.84. The summed E-state index contributed by atoms with van der Waals surface area (Å²) in [5, 5.41) is 11.7. The van der Waals surface area contributed by atoms with Crippen molar-refractivity contribution in [3.8, 4) is 5.75 Å². The SMILES string of the molecule is CCN(CC)CCCN1C(=O)C(=O)C(=C(O)c2cccc(OC)c2)[C@H]1c1ccc(Cl)cc1. The summed E-state index contributed by atoms with van der Waals surface area (Å²) in [7, 11) is 1.53. The lowest BCUT2D eigenvalue weighted by atomic mass is 9.95. The predicted octanol–water partition coefficient (Wildman–Crippen LogP) is 4.50. The lowest BCUT2D eigenvalue weighted by Crippen LogP contribution is -2.33. The molecule has 0 unspecified atom stereocenters. The Hall–Kier alpha value is -2.83. The molecule has 1 saturated heterocycles. The molecule has 1 atom stereocenters. The van der Waals surface area contributed by atoms with Crippen molar-refractivity contribution in [1.82, 2.24) is 9.80 Å². The summed E-state index contributed by atoms with van der Waals surface area (Å²) in [6, 6.07) is 13.1. The van der Waals surface area contributed by atoms with Gasteiger partial charge in [-0.05, 0) is 55.9 Å². The van der Waals surface area contributed by atoms with Gasteiger partial charge < -0.3 is 19.6 Å². The number of Topliss-reactive ketones (excluding diaryl/α,β-unsaturated/α-hetero) is 1. The molecule has 0 saturated carbocycles. The fourth-order valence-corrected chi connectivity index (χ4v) is 4.16. The van der Waals surface area contributed by atoms with E-state index in [0.717, 1.165) is 31.6 Å². The number of halogens is 1. The fourth-order valence-electron chi connectivity index (χ4n) is 4.03. The summed E-state index contributed by atoms with van der Waals surface area (Å²) >= 11 is 6.06. The summed E-state index contributed by atoms with van der Waals surface area (Å²) in [6.07, 6.45) is 0.720. The Bertz CT molecular complexity index is 999. The number of hydrogen-bond acceptors (Lipinski definition) is 5. The molecule has 170 valence electrons. The number of nitrogens with zero attached hydrogens (tertiary/aromatic N) is 2. The van der Waals surface area contributed by atoms with E-state index >= 15 is 0 Å². The van der Waals surface area contributed by atoms with Gasteiger partial charge in [0.25, 0.3) is 11.7 Å². The molecule has 1 aliphatic rings. The van der Waals surface area contributed by atoms with Crippen LogP contribution in [-0.2, 0) is 9.59 Å². The minimum atomic E-state index is -0.687. The molecular weight excluding hydrogens is 428 g/mol. The molecule has 0 radical (unpaired) electrons. The zero-order chi connectivity index (χ0) is 23.3. The Morgan fingerprint density at radius 3 is 2.44 bits per heavy atom. The van der Waals surface area contributed by atoms with Gasteiger partial charge in [-0.1, -0.05) is 49.7 Å². The molecule has 1 fully saturated rings. The maximum absolute atomic E-state index is 13.1. The molecular formula is C25H29ClN2O4. The Labute approximate surface area is 194 Å². The summed E-state index contributed by atoms with van der Waals surface area (Å²) in [5.74, 6) is -0.957. The van der Waals surface area contributed by atoms with E-state index in [2.05, 4.69) is 18.7 Å². The van der Waals surface area contributed by atoms with Gasteiger partial charge in [0.15, 0.2) is 0 Å². The molecule has 0 bridgehead atoms. The molecule has 0 aliphatic carbocycles. The van der Waals surface area contributed by atoms with Crippen molar-refractivity contribution < 1.29 is 19.4 Å². The zero-order valence-corrected chi connectivity index (χ0v) is 19.4. The number of hydrogen-bond donors (Lipinski definition) is 1. The van der Waals surface area contributed by atoms with Crippen molar-refractivity contribution in [3.63, 3.8) is 0 Å². The van der Waals surface area contributed by atoms with E-state index < -0.39 is 17.7 Å². The Balaban J connectivity index is 2.03. The molecule has 1 amide bonds. The van der Waals surface area contributed by atoms with Gasteiger partial charge in [-0.2, -0.15) is 0 Å². The maximum Gasteiger partial charge on any atom is 0.295 e. The van der Waals surface area contributed by atoms with Crippen LogP contribution in [0.3, 0.4) is 0 Å². The smallest absolute Gasteiger partial charge is 0.295 e. The number of aliphatic hydroxyl groups is 1. The minimum absolute atomic E-state index is 0.0772. The topological polar surface area (TPSA) is 70.1 Å². The second-order valence-corrected chi connectivity index (χ2v) is 8.09. The first-order valence-corrected chi connectivity index (χ1v) is 11.2. The van der Waals surface area contributed by atoms with Crippen LogP contribution in [0.2, 0.25) is 5.02 Å². The van der Waals surface area contributed by atoms with Crippen molar-refractivity contribution in [2.24, 2.45) is 0 Å². The Morgan fingerprint density at radius 1 is 1.12 bits per heavy atom. The number of amides is 1. The summed E-state index contributed by atoms with van der Waals surface area (Å²) in [4.78, 5) is 29.9. The van der Waals surface area contributed by atoms with Crippen LogP contribution in [0, 0.1) is 0 Å². The summed E-state index contributed by atoms with van der Waals surface area (Å²) in [5.41, 5.74) is 1.22. The third-order valence-corrected chi connectivity index (χ3v) is 6.09. The van der Waals surface area contributed by atoms with Crippen LogP contribution >= 0.6 is 11.6 Å². The molecule has 2 aromatic carbocycles. The summed E-state index contributed by atoms with van der Waals surface area (Å²) in [6.45, 7) is 7.26. The van der Waals surface area contributed by atoms with E-state index in [4.69, 9.17) is 16.3 Å². The van der Waals surface area contributed by atoms with Gasteiger partial charge in [-0.15, -0.1) is 0 Å². The highest BCUT2D eigenvalue weighted by Gasteiger charge is 2.45. The molecule has 1 N–H and O–H groups in total. The molecule has 0 spiro atoms. The minimum Gasteiger partial charge on any atom is -0.507 e. The van der Waals surface area contributed by atoms with E-state index in [0.29, 0.717) is 22.9 Å². The van der Waals surface area contributed by atoms with Crippen LogP contribution in [0.4, 0.5) is 0 Å². The van der Waals surface area contributed by atoms with Crippen LogP contribution in [0.1, 0.15) is 37.4 Å². The molecule has 1 aliphatic heterocycles. The average molecular weight is 457 g/mol. The maximum atomic E-state index is 13.1. The predicted molar refractivity (Wildman–Crippen MR) is 126 cm³/mol. The first-order chi connectivity index (χ1) is 15.4. The number of rotatable bonds is 9. The molecule has 7 heteroatoms. The van der Waals surface area contributed by atoms with Gasteiger partial charge in [-0.3, -0.25) is 9.59 Å². The van der Waals surface area contributed by atoms with E-state index in [1.165, 1.54) is 7.11 Å². The van der Waals surface area contributed by atoms with Crippen molar-refractivity contribution in [2.45, 2.75) is 26.3 Å². The monoisotopic (exact) mass is 456 g/mol. The number of ether oxygens (including phenoxy) is 1. The highest BCUT2D eigenvalue weighted by Crippen LogP contribution is 2.40. The number of methoxy groups -OCH3 is 1. The number of likely N-dealkylation sites (tertiary alicyclic amines) is 1. The highest BCUT2D eigenvalue weighted by atomic mass is 35.5. The van der Waals surface area contributed by atoms with Gasteiger partial charge in [0.1, 0.15) is 11.5 Å². The highest BCUT2D eigenvalue weighted by molar-refractivity contribution is 6.46. The molecule has 6 nitrogen and oxygen atoms in total. The lowest BCUT2D eigenvalue weighted by molar-refractivity contribution is -0.140. The molecule has 2 aromatic rings. The molecule has 1 heterocycles. The van der Waals surface area contributed by atoms with E-state index in [9.17, 15) is 14.7 Å². The van der Waals surface area contributed by atoms with Gasteiger partial charge in [0, 0.05) is 17.1 Å². The van der Waals surface area contributed by atoms with Crippen LogP contribution in [0.5, 0.6) is 5.75 Å². The number of aliphatic hydroxyl groups excluding tert-OH is 1. The van der Waals surface area contributed by atoms with Gasteiger partial charge in [0.05, 0.1) is 18.7 Å². The van der Waals surface area contributed by atoms with Crippen LogP contribution in [0.25, 0.3) is 5.76 Å². The first kappa shape index (κ1) is 23.8. The third kappa shape index (κ3) is 4.97. The molecule has 3 rings (SSSR count). The van der Waals surface area contributed by atoms with E-state index in [1.807, 2.05) is 0 Å². The van der Waals surface area contributed by atoms with Crippen LogP contribution in [0.15, 0.2) is 54.1 Å². The number of ketones is 1. The van der Waals surface area contributed by atoms with Crippen molar-refractivity contribution in [1.29, 1.82) is 0 Å². The number of benzene rings is 2. The summed E-state index contributed by atoms with van der Waals surface area (Å²) < 4.78 is 5.24. The van der Waals surface area contributed by atoms with Gasteiger partial charge >= 0.3 is 0 Å². The normalized spacial score (nSPS) is 17.9. The first-order valence-electron chi connectivity index (χ1n) is 10.8. The second kappa shape index (κ2) is 10.7. The molecule has 32 heavy (non-hydrogen) atoms. The quantitative estimate of drug-likeness (QED) is 0.341. The van der Waals surface area contributed by atoms with Gasteiger partial charge in [-0.25, -0.2) is 0 Å². The van der Waals surface area contributed by atoms with Crippen LogP contribution in [-0.4, -0.2) is 59.9 Å². The Kier molecular flexibility index (Phi) is 7.94. The average Bonchev–Trinajstić information content (AvgIpc) is 3.07. The molecule has 0 aromatic heterocycles. The number of carbonyl (C=O) groups is 2. The lowest BCUT2D eigenvalue weighted by Gasteiger charge is -2.26. The largest absolute Gasteiger partial charge is 0.507 e. The van der Waals surface area contributed by atoms with Crippen molar-refractivity contribution in [3.05, 3.63) is 70.3 Å². The van der Waals surface area contributed by atoms with Crippen molar-refractivity contribution in [2.75, 3.05) is 33.3 Å². The van der Waals surface area contributed by atoms with Crippen molar-refractivity contribution >= 4 is 29.1 Å².